The second-order valence-electron chi connectivity index (χ2n) is 7.14. The molecule has 3 aliphatic carbocycles. The molecule has 4 atom stereocenters. The normalized spacial score (nSPS) is 47.8. The van der Waals surface area contributed by atoms with E-state index in [-0.39, 0.29) is 6.10 Å². The lowest BCUT2D eigenvalue weighted by Gasteiger charge is -2.55. The quantitative estimate of drug-likeness (QED) is 0.785. The average Bonchev–Trinajstić information content (AvgIpc) is 3.04. The van der Waals surface area contributed by atoms with Gasteiger partial charge in [0.2, 0.25) is 0 Å². The van der Waals surface area contributed by atoms with Crippen LogP contribution in [0.4, 0.5) is 0 Å². The monoisotopic (exact) mass is 236 g/mol. The molecule has 0 heterocycles. The summed E-state index contributed by atoms with van der Waals surface area (Å²) in [6.45, 7) is 4.69. The van der Waals surface area contributed by atoms with E-state index in [0.717, 1.165) is 24.2 Å². The van der Waals surface area contributed by atoms with E-state index in [9.17, 15) is 5.11 Å². The first-order valence-electron chi connectivity index (χ1n) is 7.85. The third kappa shape index (κ3) is 1.85. The summed E-state index contributed by atoms with van der Waals surface area (Å²) in [6, 6.07) is 0. The van der Waals surface area contributed by atoms with Crippen LogP contribution in [0, 0.1) is 29.1 Å². The van der Waals surface area contributed by atoms with Gasteiger partial charge in [-0.3, -0.25) is 0 Å². The molecule has 0 aromatic rings. The number of hydrogen-bond donors (Lipinski definition) is 1. The molecule has 1 nitrogen and oxygen atoms in total. The average molecular weight is 236 g/mol. The van der Waals surface area contributed by atoms with Crippen molar-refractivity contribution in [3.8, 4) is 0 Å². The molecule has 98 valence electrons. The molecule has 0 aromatic heterocycles. The summed E-state index contributed by atoms with van der Waals surface area (Å²) in [6.07, 6.45) is 11.0. The van der Waals surface area contributed by atoms with Crippen LogP contribution in [0.5, 0.6) is 0 Å². The predicted molar refractivity (Wildman–Crippen MR) is 70.7 cm³/mol. The Morgan fingerprint density at radius 2 is 1.88 bits per heavy atom. The molecule has 0 spiro atoms. The molecule has 1 heteroatoms. The highest BCUT2D eigenvalue weighted by Crippen LogP contribution is 2.62. The van der Waals surface area contributed by atoms with Gasteiger partial charge in [0.1, 0.15) is 0 Å². The zero-order chi connectivity index (χ0) is 12.0. The zero-order valence-electron chi connectivity index (χ0n) is 11.5. The summed E-state index contributed by atoms with van der Waals surface area (Å²) in [4.78, 5) is 0. The number of aliphatic hydroxyl groups is 1. The fourth-order valence-corrected chi connectivity index (χ4v) is 4.92. The van der Waals surface area contributed by atoms with Crippen molar-refractivity contribution in [3.63, 3.8) is 0 Å². The van der Waals surface area contributed by atoms with E-state index in [1.54, 1.807) is 0 Å². The SMILES string of the molecule is CCC1(C2CCC2)CC(C)C(O)CC1C1CC1. The van der Waals surface area contributed by atoms with Gasteiger partial charge in [-0.1, -0.05) is 20.3 Å². The van der Waals surface area contributed by atoms with Gasteiger partial charge in [0.25, 0.3) is 0 Å². The van der Waals surface area contributed by atoms with Crippen molar-refractivity contribution in [2.75, 3.05) is 0 Å². The molecule has 0 aromatic carbocycles. The van der Waals surface area contributed by atoms with Crippen molar-refractivity contribution < 1.29 is 5.11 Å². The first kappa shape index (κ1) is 12.0. The maximum Gasteiger partial charge on any atom is 0.0568 e. The molecule has 1 N–H and O–H groups in total. The maximum absolute atomic E-state index is 10.2. The van der Waals surface area contributed by atoms with E-state index in [1.165, 1.54) is 44.9 Å². The number of aliphatic hydroxyl groups excluding tert-OH is 1. The van der Waals surface area contributed by atoms with Crippen LogP contribution in [0.1, 0.15) is 65.2 Å². The van der Waals surface area contributed by atoms with Crippen LogP contribution in [0.25, 0.3) is 0 Å². The van der Waals surface area contributed by atoms with Crippen LogP contribution >= 0.6 is 0 Å². The summed E-state index contributed by atoms with van der Waals surface area (Å²) in [5, 5.41) is 10.2. The zero-order valence-corrected chi connectivity index (χ0v) is 11.5. The largest absolute Gasteiger partial charge is 0.393 e. The van der Waals surface area contributed by atoms with Crippen molar-refractivity contribution in [3.05, 3.63) is 0 Å². The highest BCUT2D eigenvalue weighted by molar-refractivity contribution is 5.04. The Kier molecular flexibility index (Phi) is 3.01. The van der Waals surface area contributed by atoms with Gasteiger partial charge in [0, 0.05) is 0 Å². The lowest BCUT2D eigenvalue weighted by molar-refractivity contribution is -0.0934. The predicted octanol–water partition coefficient (Wildman–Crippen LogP) is 4.00. The smallest absolute Gasteiger partial charge is 0.0568 e. The molecule has 3 aliphatic rings. The second-order valence-corrected chi connectivity index (χ2v) is 7.14. The first-order valence-corrected chi connectivity index (χ1v) is 7.85. The maximum atomic E-state index is 10.2. The van der Waals surface area contributed by atoms with Gasteiger partial charge in [-0.2, -0.15) is 0 Å². The van der Waals surface area contributed by atoms with E-state index in [0.29, 0.717) is 11.3 Å². The second kappa shape index (κ2) is 4.26. The molecule has 0 bridgehead atoms. The van der Waals surface area contributed by atoms with E-state index < -0.39 is 0 Å². The van der Waals surface area contributed by atoms with Crippen molar-refractivity contribution in [1.82, 2.24) is 0 Å². The van der Waals surface area contributed by atoms with Crippen LogP contribution in [0.3, 0.4) is 0 Å². The molecule has 4 unspecified atom stereocenters. The summed E-state index contributed by atoms with van der Waals surface area (Å²) < 4.78 is 0. The number of rotatable bonds is 3. The van der Waals surface area contributed by atoms with Crippen LogP contribution in [-0.4, -0.2) is 11.2 Å². The van der Waals surface area contributed by atoms with Gasteiger partial charge in [0.05, 0.1) is 6.10 Å². The first-order chi connectivity index (χ1) is 8.17. The van der Waals surface area contributed by atoms with Crippen LogP contribution in [0.2, 0.25) is 0 Å². The summed E-state index contributed by atoms with van der Waals surface area (Å²) in [5.41, 5.74) is 0.609. The highest BCUT2D eigenvalue weighted by atomic mass is 16.3. The van der Waals surface area contributed by atoms with Crippen molar-refractivity contribution in [1.29, 1.82) is 0 Å². The molecule has 0 saturated heterocycles. The third-order valence-electron chi connectivity index (χ3n) is 6.36. The Balaban J connectivity index is 1.85. The number of hydrogen-bond acceptors (Lipinski definition) is 1. The fourth-order valence-electron chi connectivity index (χ4n) is 4.92. The molecule has 0 radical (unpaired) electrons. The van der Waals surface area contributed by atoms with Gasteiger partial charge in [-0.15, -0.1) is 0 Å². The molecule has 0 aliphatic heterocycles. The minimum absolute atomic E-state index is 0.0136. The topological polar surface area (TPSA) is 20.2 Å². The lowest BCUT2D eigenvalue weighted by Crippen LogP contribution is -2.49. The summed E-state index contributed by atoms with van der Waals surface area (Å²) >= 11 is 0. The molecular formula is C16H28O. The molecule has 3 rings (SSSR count). The van der Waals surface area contributed by atoms with Crippen LogP contribution in [0.15, 0.2) is 0 Å². The lowest BCUT2D eigenvalue weighted by atomic mass is 9.50. The van der Waals surface area contributed by atoms with Crippen LogP contribution in [-0.2, 0) is 0 Å². The minimum atomic E-state index is -0.0136. The van der Waals surface area contributed by atoms with Gasteiger partial charge in [0.15, 0.2) is 0 Å². The Labute approximate surface area is 106 Å². The Bertz CT molecular complexity index is 279. The van der Waals surface area contributed by atoms with E-state index in [2.05, 4.69) is 13.8 Å². The van der Waals surface area contributed by atoms with E-state index in [1.807, 2.05) is 0 Å². The molecule has 3 fully saturated rings. The van der Waals surface area contributed by atoms with Gasteiger partial charge in [-0.05, 0) is 74.0 Å². The Hall–Kier alpha value is -0.0400. The van der Waals surface area contributed by atoms with Gasteiger partial charge >= 0.3 is 0 Å². The molecular weight excluding hydrogens is 208 g/mol. The highest BCUT2D eigenvalue weighted by Gasteiger charge is 2.54. The van der Waals surface area contributed by atoms with Gasteiger partial charge in [-0.25, -0.2) is 0 Å². The fraction of sp³-hybridized carbons (Fsp3) is 1.00. The van der Waals surface area contributed by atoms with Crippen LogP contribution < -0.4 is 0 Å². The van der Waals surface area contributed by atoms with E-state index >= 15 is 0 Å². The third-order valence-corrected chi connectivity index (χ3v) is 6.36. The van der Waals surface area contributed by atoms with Crippen molar-refractivity contribution >= 4 is 0 Å². The van der Waals surface area contributed by atoms with E-state index in [4.69, 9.17) is 0 Å². The summed E-state index contributed by atoms with van der Waals surface area (Å²) in [5.74, 6) is 3.35. The van der Waals surface area contributed by atoms with Gasteiger partial charge < -0.3 is 5.11 Å². The Morgan fingerprint density at radius 3 is 2.35 bits per heavy atom. The molecule has 0 amide bonds. The standard InChI is InChI=1S/C16H28O/c1-3-16(13-5-4-6-13)10-11(2)15(17)9-14(16)12-7-8-12/h11-15,17H,3-10H2,1-2H3. The Morgan fingerprint density at radius 1 is 1.18 bits per heavy atom. The van der Waals surface area contributed by atoms with Crippen molar-refractivity contribution in [2.24, 2.45) is 29.1 Å². The minimum Gasteiger partial charge on any atom is -0.393 e. The molecule has 17 heavy (non-hydrogen) atoms. The van der Waals surface area contributed by atoms with Crippen molar-refractivity contribution in [2.45, 2.75) is 71.3 Å². The molecule has 3 saturated carbocycles. The summed E-state index contributed by atoms with van der Waals surface area (Å²) in [7, 11) is 0.